The van der Waals surface area contributed by atoms with Gasteiger partial charge in [-0.15, -0.1) is 0 Å². The van der Waals surface area contributed by atoms with Crippen molar-refractivity contribution in [3.8, 4) is 11.1 Å². The predicted molar refractivity (Wildman–Crippen MR) is 190 cm³/mol. The molecule has 10 nitrogen and oxygen atoms in total. The summed E-state index contributed by atoms with van der Waals surface area (Å²) in [5.74, 6) is 0.337. The Morgan fingerprint density at radius 3 is 2.33 bits per heavy atom. The monoisotopic (exact) mass is 675 g/mol. The number of benzene rings is 3. The third kappa shape index (κ3) is 9.90. The molecule has 1 heterocycles. The van der Waals surface area contributed by atoms with Crippen molar-refractivity contribution in [3.63, 3.8) is 0 Å². The molecule has 4 rings (SSSR count). The maximum absolute atomic E-state index is 14.1. The molecule has 1 aliphatic heterocycles. The largest absolute Gasteiger partial charge is 0.397 e. The van der Waals surface area contributed by atoms with E-state index in [1.807, 2.05) is 24.3 Å². The molecule has 4 N–H and O–H groups in total. The summed E-state index contributed by atoms with van der Waals surface area (Å²) in [6.45, 7) is 7.49. The highest BCUT2D eigenvalue weighted by molar-refractivity contribution is 7.89. The molecule has 0 aromatic heterocycles. The minimum absolute atomic E-state index is 0.000936. The fraction of sp³-hybridized carbons (Fsp3) is 0.432. The van der Waals surface area contributed by atoms with Crippen LogP contribution in [0.4, 0.5) is 0 Å². The van der Waals surface area contributed by atoms with Gasteiger partial charge in [0.1, 0.15) is 13.2 Å². The molecule has 0 spiro atoms. The van der Waals surface area contributed by atoms with Crippen molar-refractivity contribution in [3.05, 3.63) is 89.5 Å². The molecule has 3 aromatic carbocycles. The lowest BCUT2D eigenvalue weighted by atomic mass is 9.86. The SMILES string of the molecule is CNC(=O)CCCC1CCN(C(=O)[C@H](Cc2cccc(/C(N)=N\OC)c2)NS(=O)(=O)c2cccc(-c3ccc(C(C)(C)C)cc3)c2)CC1. The van der Waals surface area contributed by atoms with Gasteiger partial charge in [-0.1, -0.05) is 80.5 Å². The number of carbonyl (C=O) groups excluding carboxylic acids is 2. The number of hydrogen-bond acceptors (Lipinski definition) is 6. The molecule has 1 aliphatic rings. The highest BCUT2D eigenvalue weighted by atomic mass is 32.2. The van der Waals surface area contributed by atoms with Gasteiger partial charge in [-0.25, -0.2) is 8.42 Å². The van der Waals surface area contributed by atoms with Gasteiger partial charge in [-0.3, -0.25) is 9.59 Å². The van der Waals surface area contributed by atoms with Crippen LogP contribution in [0.15, 0.2) is 82.8 Å². The summed E-state index contributed by atoms with van der Waals surface area (Å²) < 4.78 is 30.6. The molecule has 0 aliphatic carbocycles. The van der Waals surface area contributed by atoms with E-state index in [2.05, 4.69) is 48.1 Å². The topological polar surface area (TPSA) is 143 Å². The fourth-order valence-corrected chi connectivity index (χ4v) is 7.26. The Morgan fingerprint density at radius 1 is 1.00 bits per heavy atom. The molecular weight excluding hydrogens is 627 g/mol. The molecule has 1 saturated heterocycles. The third-order valence-electron chi connectivity index (χ3n) is 8.90. The Labute approximate surface area is 285 Å². The van der Waals surface area contributed by atoms with Crippen LogP contribution in [0, 0.1) is 5.92 Å². The van der Waals surface area contributed by atoms with Crippen LogP contribution in [0.5, 0.6) is 0 Å². The summed E-state index contributed by atoms with van der Waals surface area (Å²) in [5.41, 5.74) is 10.2. The standard InChI is InChI=1S/C37H49N5O5S/c1-37(2,3)31-17-15-28(16-18-31)29-11-8-13-32(25-29)48(45,46)41-33(24-27-10-6-12-30(23-27)35(38)40-47-5)36(44)42-21-19-26(20-22-42)9-7-14-34(43)39-4/h6,8,10-13,15-18,23,25-26,33,41H,7,9,14,19-22,24H2,1-5H3,(H2,38,40)(H,39,43)/t33-/m0/s1. The molecule has 0 unspecified atom stereocenters. The molecule has 11 heteroatoms. The highest BCUT2D eigenvalue weighted by Crippen LogP contribution is 2.28. The summed E-state index contributed by atoms with van der Waals surface area (Å²) in [7, 11) is -1.06. The van der Waals surface area contributed by atoms with Gasteiger partial charge in [-0.2, -0.15) is 4.72 Å². The van der Waals surface area contributed by atoms with Crippen LogP contribution in [0.1, 0.15) is 69.6 Å². The van der Waals surface area contributed by atoms with E-state index >= 15 is 0 Å². The highest BCUT2D eigenvalue weighted by Gasteiger charge is 2.32. The van der Waals surface area contributed by atoms with E-state index in [1.165, 1.54) is 12.7 Å². The number of piperidine rings is 1. The molecule has 258 valence electrons. The lowest BCUT2D eigenvalue weighted by Crippen LogP contribution is -2.51. The van der Waals surface area contributed by atoms with E-state index in [0.717, 1.165) is 42.4 Å². The maximum Gasteiger partial charge on any atom is 0.241 e. The van der Waals surface area contributed by atoms with Crippen LogP contribution >= 0.6 is 0 Å². The van der Waals surface area contributed by atoms with E-state index in [4.69, 9.17) is 10.6 Å². The first kappa shape index (κ1) is 36.6. The first-order valence-corrected chi connectivity index (χ1v) is 18.0. The molecule has 3 aromatic rings. The summed E-state index contributed by atoms with van der Waals surface area (Å²) in [4.78, 5) is 32.3. The number of carbonyl (C=O) groups is 2. The van der Waals surface area contributed by atoms with Gasteiger partial charge < -0.3 is 20.8 Å². The Hall–Kier alpha value is -4.22. The smallest absolute Gasteiger partial charge is 0.241 e. The summed E-state index contributed by atoms with van der Waals surface area (Å²) in [5, 5.41) is 6.45. The fourth-order valence-electron chi connectivity index (χ4n) is 6.02. The minimum Gasteiger partial charge on any atom is -0.397 e. The average molecular weight is 676 g/mol. The van der Waals surface area contributed by atoms with E-state index < -0.39 is 16.1 Å². The van der Waals surface area contributed by atoms with Crippen LogP contribution in [0.2, 0.25) is 0 Å². The minimum atomic E-state index is -4.10. The van der Waals surface area contributed by atoms with Crippen molar-refractivity contribution in [1.82, 2.24) is 14.9 Å². The molecule has 0 radical (unpaired) electrons. The lowest BCUT2D eigenvalue weighted by Gasteiger charge is -2.34. The van der Waals surface area contributed by atoms with Gasteiger partial charge in [-0.05, 0) is 83.9 Å². The van der Waals surface area contributed by atoms with Crippen molar-refractivity contribution >= 4 is 27.7 Å². The van der Waals surface area contributed by atoms with Crippen LogP contribution in [0.3, 0.4) is 0 Å². The van der Waals surface area contributed by atoms with E-state index in [1.54, 1.807) is 48.3 Å². The quantitative estimate of drug-likeness (QED) is 0.133. The number of oxime groups is 1. The number of nitrogens with two attached hydrogens (primary N) is 1. The zero-order valence-electron chi connectivity index (χ0n) is 28.7. The van der Waals surface area contributed by atoms with Gasteiger partial charge >= 0.3 is 0 Å². The van der Waals surface area contributed by atoms with E-state index in [-0.39, 0.29) is 34.4 Å². The average Bonchev–Trinajstić information content (AvgIpc) is 3.08. The second-order valence-corrected chi connectivity index (χ2v) is 15.1. The van der Waals surface area contributed by atoms with Crippen LogP contribution in [0.25, 0.3) is 11.1 Å². The third-order valence-corrected chi connectivity index (χ3v) is 10.4. The molecule has 48 heavy (non-hydrogen) atoms. The van der Waals surface area contributed by atoms with E-state index in [9.17, 15) is 18.0 Å². The number of nitrogens with one attached hydrogen (secondary N) is 2. The molecule has 1 fully saturated rings. The zero-order chi connectivity index (χ0) is 34.9. The molecule has 2 amide bonds. The van der Waals surface area contributed by atoms with Gasteiger partial charge in [0.25, 0.3) is 0 Å². The number of amides is 2. The Morgan fingerprint density at radius 2 is 1.69 bits per heavy atom. The van der Waals surface area contributed by atoms with Gasteiger partial charge in [0.2, 0.25) is 21.8 Å². The first-order chi connectivity index (χ1) is 22.8. The molecule has 0 bridgehead atoms. The Balaban J connectivity index is 1.56. The Bertz CT molecular complexity index is 1690. The molecule has 1 atom stereocenters. The number of hydrogen-bond donors (Lipinski definition) is 3. The number of sulfonamides is 1. The normalized spacial score (nSPS) is 15.2. The number of rotatable bonds is 13. The number of amidine groups is 1. The van der Waals surface area contributed by atoms with Gasteiger partial charge in [0, 0.05) is 32.1 Å². The summed E-state index contributed by atoms with van der Waals surface area (Å²) >= 11 is 0. The summed E-state index contributed by atoms with van der Waals surface area (Å²) in [6, 6.07) is 21.0. The van der Waals surface area contributed by atoms with Crippen molar-refractivity contribution in [2.75, 3.05) is 27.2 Å². The zero-order valence-corrected chi connectivity index (χ0v) is 29.5. The maximum atomic E-state index is 14.1. The second kappa shape index (κ2) is 16.3. The van der Waals surface area contributed by atoms with Crippen molar-refractivity contribution in [2.45, 2.75) is 75.6 Å². The van der Waals surface area contributed by atoms with Crippen molar-refractivity contribution < 1.29 is 22.8 Å². The van der Waals surface area contributed by atoms with Crippen LogP contribution in [-0.4, -0.2) is 64.3 Å². The van der Waals surface area contributed by atoms with Gasteiger partial charge in [0.15, 0.2) is 5.84 Å². The number of likely N-dealkylation sites (tertiary alicyclic amines) is 1. The first-order valence-electron chi connectivity index (χ1n) is 16.5. The second-order valence-electron chi connectivity index (χ2n) is 13.4. The molecule has 0 saturated carbocycles. The lowest BCUT2D eigenvalue weighted by molar-refractivity contribution is -0.134. The Kier molecular flexibility index (Phi) is 12.4. The summed E-state index contributed by atoms with van der Waals surface area (Å²) in [6.07, 6.45) is 3.92. The van der Waals surface area contributed by atoms with Crippen molar-refractivity contribution in [2.24, 2.45) is 16.8 Å². The van der Waals surface area contributed by atoms with Crippen LogP contribution < -0.4 is 15.8 Å². The molecular formula is C37H49N5O5S. The van der Waals surface area contributed by atoms with Gasteiger partial charge in [0.05, 0.1) is 4.90 Å². The number of nitrogens with zero attached hydrogens (tertiary/aromatic N) is 2. The van der Waals surface area contributed by atoms with Crippen LogP contribution in [-0.2, 0) is 36.3 Å². The van der Waals surface area contributed by atoms with Crippen molar-refractivity contribution in [1.29, 1.82) is 0 Å². The van der Waals surface area contributed by atoms with E-state index in [0.29, 0.717) is 31.0 Å². The predicted octanol–water partition coefficient (Wildman–Crippen LogP) is 4.96.